The summed E-state index contributed by atoms with van der Waals surface area (Å²) in [5.74, 6) is 0.572. The van der Waals surface area contributed by atoms with Crippen molar-refractivity contribution in [1.82, 2.24) is 9.80 Å². The van der Waals surface area contributed by atoms with Gasteiger partial charge in [-0.3, -0.25) is 19.0 Å². The molecule has 1 aliphatic carbocycles. The molecule has 1 aromatic carbocycles. The van der Waals surface area contributed by atoms with Crippen molar-refractivity contribution in [2.24, 2.45) is 0 Å². The molecule has 1 aromatic rings. The average Bonchev–Trinajstić information content (AvgIpc) is 3.43. The van der Waals surface area contributed by atoms with Gasteiger partial charge in [-0.05, 0) is 56.2 Å². The third-order valence-corrected chi connectivity index (χ3v) is 8.86. The number of esters is 1. The highest BCUT2D eigenvalue weighted by atomic mass is 32.2. The summed E-state index contributed by atoms with van der Waals surface area (Å²) in [7, 11) is 0.685. The quantitative estimate of drug-likeness (QED) is 0.158. The summed E-state index contributed by atoms with van der Waals surface area (Å²) in [4.78, 5) is 28.3. The molecule has 2 aliphatic rings. The number of amides is 1. The molecular formula is C30H48N2O9S. The minimum Gasteiger partial charge on any atom is -0.493 e. The van der Waals surface area contributed by atoms with E-state index in [1.54, 1.807) is 14.2 Å². The molecule has 1 heterocycles. The van der Waals surface area contributed by atoms with Gasteiger partial charge in [-0.1, -0.05) is 25.3 Å². The van der Waals surface area contributed by atoms with E-state index in [1.165, 1.54) is 18.4 Å². The molecular weight excluding hydrogens is 564 g/mol. The van der Waals surface area contributed by atoms with Gasteiger partial charge in [-0.25, -0.2) is 0 Å². The molecule has 3 atom stereocenters. The molecule has 1 aliphatic heterocycles. The van der Waals surface area contributed by atoms with E-state index >= 15 is 0 Å². The summed E-state index contributed by atoms with van der Waals surface area (Å²) in [6.45, 7) is 2.21. The van der Waals surface area contributed by atoms with Crippen LogP contribution in [-0.2, 0) is 35.6 Å². The maximum atomic E-state index is 12.5. The minimum absolute atomic E-state index is 0.0462. The smallest absolute Gasteiger partial charge is 0.306 e. The van der Waals surface area contributed by atoms with E-state index in [0.29, 0.717) is 44.1 Å². The Hall–Kier alpha value is -2.41. The molecule has 0 bridgehead atoms. The predicted octanol–water partition coefficient (Wildman–Crippen LogP) is 3.49. The average molecular weight is 613 g/mol. The van der Waals surface area contributed by atoms with Crippen LogP contribution in [0.1, 0.15) is 69.8 Å². The second-order valence-corrected chi connectivity index (χ2v) is 12.8. The molecule has 42 heavy (non-hydrogen) atoms. The van der Waals surface area contributed by atoms with Gasteiger partial charge in [-0.2, -0.15) is 8.42 Å². The fourth-order valence-electron chi connectivity index (χ4n) is 5.74. The zero-order chi connectivity index (χ0) is 30.5. The first-order valence-electron chi connectivity index (χ1n) is 15.0. The number of carbonyl (C=O) groups excluding carboxylic acids is 2. The Bertz CT molecular complexity index is 1110. The number of methoxy groups -OCH3 is 2. The summed E-state index contributed by atoms with van der Waals surface area (Å²) in [6, 6.07) is 6.29. The van der Waals surface area contributed by atoms with Gasteiger partial charge in [0.1, 0.15) is 6.10 Å². The van der Waals surface area contributed by atoms with Crippen molar-refractivity contribution in [2.75, 3.05) is 53.3 Å². The molecule has 1 saturated carbocycles. The maximum absolute atomic E-state index is 12.5. The largest absolute Gasteiger partial charge is 0.493 e. The van der Waals surface area contributed by atoms with Crippen LogP contribution in [-0.4, -0.2) is 106 Å². The van der Waals surface area contributed by atoms with E-state index in [4.69, 9.17) is 23.5 Å². The summed E-state index contributed by atoms with van der Waals surface area (Å²) in [5.41, 5.74) is 1.14. The Morgan fingerprint density at radius 1 is 1.02 bits per heavy atom. The van der Waals surface area contributed by atoms with Crippen LogP contribution in [0.3, 0.4) is 0 Å². The van der Waals surface area contributed by atoms with Crippen LogP contribution in [0.5, 0.6) is 11.5 Å². The number of benzene rings is 1. The van der Waals surface area contributed by atoms with E-state index in [9.17, 15) is 18.0 Å². The lowest BCUT2D eigenvalue weighted by atomic mass is 9.91. The Balaban J connectivity index is 1.33. The van der Waals surface area contributed by atoms with E-state index in [2.05, 4.69) is 4.90 Å². The highest BCUT2D eigenvalue weighted by Crippen LogP contribution is 2.30. The normalized spacial score (nSPS) is 21.2. The van der Waals surface area contributed by atoms with E-state index < -0.39 is 15.9 Å². The van der Waals surface area contributed by atoms with E-state index in [-0.39, 0.29) is 37.0 Å². The first kappa shape index (κ1) is 34.1. The minimum atomic E-state index is -4.09. The van der Waals surface area contributed by atoms with Crippen molar-refractivity contribution in [2.45, 2.75) is 88.9 Å². The number of rotatable bonds is 17. The summed E-state index contributed by atoms with van der Waals surface area (Å²) >= 11 is 0. The Labute approximate surface area is 250 Å². The summed E-state index contributed by atoms with van der Waals surface area (Å²) in [6.07, 6.45) is 8.68. The topological polar surface area (TPSA) is 132 Å². The molecule has 12 heteroatoms. The van der Waals surface area contributed by atoms with Gasteiger partial charge in [0.15, 0.2) is 11.5 Å². The Morgan fingerprint density at radius 3 is 2.50 bits per heavy atom. The van der Waals surface area contributed by atoms with Crippen LogP contribution in [0.4, 0.5) is 0 Å². The second kappa shape index (κ2) is 17.0. The third kappa shape index (κ3) is 11.3. The number of nitrogens with zero attached hydrogens (tertiary/aromatic N) is 2. The highest BCUT2D eigenvalue weighted by Gasteiger charge is 2.36. The van der Waals surface area contributed by atoms with Crippen LogP contribution in [0.25, 0.3) is 0 Å². The van der Waals surface area contributed by atoms with Crippen molar-refractivity contribution >= 4 is 22.0 Å². The zero-order valence-corrected chi connectivity index (χ0v) is 26.1. The fraction of sp³-hybridized carbons (Fsp3) is 0.733. The highest BCUT2D eigenvalue weighted by molar-refractivity contribution is 7.85. The number of hydrogen-bond donors (Lipinski definition) is 1. The van der Waals surface area contributed by atoms with Gasteiger partial charge in [0.05, 0.1) is 32.7 Å². The molecule has 0 spiro atoms. The van der Waals surface area contributed by atoms with Gasteiger partial charge >= 0.3 is 5.97 Å². The lowest BCUT2D eigenvalue weighted by Crippen LogP contribution is -2.46. The van der Waals surface area contributed by atoms with Crippen LogP contribution >= 0.6 is 0 Å². The first-order chi connectivity index (χ1) is 20.1. The lowest BCUT2D eigenvalue weighted by molar-refractivity contribution is -0.148. The summed E-state index contributed by atoms with van der Waals surface area (Å²) < 4.78 is 53.4. The predicted molar refractivity (Wildman–Crippen MR) is 158 cm³/mol. The molecule has 11 nitrogen and oxygen atoms in total. The molecule has 1 unspecified atom stereocenters. The molecule has 1 N–H and O–H groups in total. The molecule has 238 valence electrons. The van der Waals surface area contributed by atoms with Crippen LogP contribution in [0.2, 0.25) is 0 Å². The van der Waals surface area contributed by atoms with Gasteiger partial charge in [-0.15, -0.1) is 0 Å². The molecule has 2 fully saturated rings. The van der Waals surface area contributed by atoms with Crippen molar-refractivity contribution in [3.05, 3.63) is 23.8 Å². The van der Waals surface area contributed by atoms with Crippen LogP contribution < -0.4 is 9.47 Å². The fourth-order valence-corrected chi connectivity index (χ4v) is 6.24. The molecule has 1 amide bonds. The van der Waals surface area contributed by atoms with Gasteiger partial charge in [0.25, 0.3) is 10.1 Å². The van der Waals surface area contributed by atoms with Crippen LogP contribution in [0, 0.1) is 0 Å². The summed E-state index contributed by atoms with van der Waals surface area (Å²) in [5, 5.41) is 0. The van der Waals surface area contributed by atoms with Gasteiger partial charge in [0.2, 0.25) is 5.91 Å². The van der Waals surface area contributed by atoms with Crippen molar-refractivity contribution in [3.8, 4) is 11.5 Å². The number of unbranched alkanes of at least 4 members (excludes halogenated alkanes) is 2. The van der Waals surface area contributed by atoms with Crippen LogP contribution in [0.15, 0.2) is 18.2 Å². The number of ether oxygens (including phenoxy) is 4. The van der Waals surface area contributed by atoms with Gasteiger partial charge in [0, 0.05) is 45.6 Å². The second-order valence-electron chi connectivity index (χ2n) is 11.3. The number of hydrogen-bond acceptors (Lipinski definition) is 9. The molecule has 0 aromatic heterocycles. The van der Waals surface area contributed by atoms with Crippen molar-refractivity contribution in [1.29, 1.82) is 0 Å². The zero-order valence-electron chi connectivity index (χ0n) is 25.3. The number of carbonyl (C=O) groups is 2. The van der Waals surface area contributed by atoms with E-state index in [1.807, 2.05) is 18.2 Å². The first-order valence-corrected chi connectivity index (χ1v) is 16.7. The molecule has 3 rings (SSSR count). The third-order valence-electron chi connectivity index (χ3n) is 8.16. The number of likely N-dealkylation sites (tertiary alicyclic amines) is 1. The van der Waals surface area contributed by atoms with Gasteiger partial charge < -0.3 is 23.8 Å². The molecule has 1 saturated heterocycles. The monoisotopic (exact) mass is 612 g/mol. The SMILES string of the molecule is COc1ccc(CCO[C@@H]2CCCC[C@H]2N2CCC(OC(=O)CCCCCC(=O)N(C)CCS(=O)(=O)O)C2)cc1OC. The standard InChI is InChI=1S/C30H48N2O9S/c1-31(18-20-42(35,36)37)29(33)11-5-4-6-12-30(34)41-24-15-17-32(22-24)25-9-7-8-10-26(25)40-19-16-23-13-14-27(38-2)28(21-23)39-3/h13-14,21,24-26H,4-12,15-20,22H2,1-3H3,(H,35,36,37)/t24?,25-,26-/m1/s1. The van der Waals surface area contributed by atoms with E-state index in [0.717, 1.165) is 56.5 Å². The van der Waals surface area contributed by atoms with Crippen molar-refractivity contribution < 1.29 is 41.5 Å². The lowest BCUT2D eigenvalue weighted by Gasteiger charge is -2.37. The molecule has 0 radical (unpaired) electrons. The maximum Gasteiger partial charge on any atom is 0.306 e. The Morgan fingerprint density at radius 2 is 1.76 bits per heavy atom. The Kier molecular flexibility index (Phi) is 13.8. The van der Waals surface area contributed by atoms with Crippen molar-refractivity contribution in [3.63, 3.8) is 0 Å².